The van der Waals surface area contributed by atoms with E-state index in [0.717, 1.165) is 6.22 Å². The zero-order valence-corrected chi connectivity index (χ0v) is 23.4. The molecule has 4 rings (SSSR count). The Kier molecular flexibility index (Phi) is 13.7. The van der Waals surface area contributed by atoms with E-state index in [1.54, 1.807) is 0 Å². The molecule has 0 radical (unpaired) electrons. The van der Waals surface area contributed by atoms with Crippen LogP contribution in [-0.2, 0) is 23.0 Å². The quantitative estimate of drug-likeness (QED) is 0.202. The number of halogens is 2. The van der Waals surface area contributed by atoms with Gasteiger partial charge in [0.1, 0.15) is 0 Å². The smallest absolute Gasteiger partial charge is 0.0579 e. The van der Waals surface area contributed by atoms with Gasteiger partial charge in [-0.3, -0.25) is 0 Å². The monoisotopic (exact) mass is 654 g/mol. The zero-order valence-electron chi connectivity index (χ0n) is 15.5. The predicted molar refractivity (Wildman–Crippen MR) is 106 cm³/mol. The molecule has 4 aromatic carbocycles. The number of benzene rings is 2. The first kappa shape index (κ1) is 25.7. The molecule has 0 fully saturated rings. The second-order valence-electron chi connectivity index (χ2n) is 5.94. The maximum Gasteiger partial charge on any atom is -0.0579 e. The van der Waals surface area contributed by atoms with Gasteiger partial charge in [-0.1, -0.05) is 26.0 Å². The van der Waals surface area contributed by atoms with E-state index in [2.05, 4.69) is 93.6 Å². The molecule has 0 saturated carbocycles. The molecule has 26 heavy (non-hydrogen) atoms. The molecule has 0 aliphatic carbocycles. The van der Waals surface area contributed by atoms with Crippen LogP contribution in [0.25, 0.3) is 21.5 Å². The number of hydrogen-bond donors (Lipinski definition) is 0. The number of aryl methyl sites for hydroxylation is 2. The van der Waals surface area contributed by atoms with Crippen molar-refractivity contribution < 1.29 is 57.0 Å². The Labute approximate surface area is 194 Å². The molecule has 0 unspecified atom stereocenters. The van der Waals surface area contributed by atoms with Gasteiger partial charge in [-0.15, -0.1) is 81.2 Å². The van der Waals surface area contributed by atoms with Gasteiger partial charge in [0, 0.05) is 0 Å². The topological polar surface area (TPSA) is 0 Å². The molecule has 0 saturated heterocycles. The van der Waals surface area contributed by atoms with Crippen LogP contribution in [0, 0.1) is 13.8 Å². The van der Waals surface area contributed by atoms with Crippen molar-refractivity contribution in [1.29, 1.82) is 0 Å². The third-order valence-corrected chi connectivity index (χ3v) is 8.54. The minimum absolute atomic E-state index is 0. The van der Waals surface area contributed by atoms with Gasteiger partial charge >= 0.3 is 42.2 Å². The van der Waals surface area contributed by atoms with Crippen molar-refractivity contribution in [3.8, 4) is 0 Å². The summed E-state index contributed by atoms with van der Waals surface area (Å²) in [6.45, 7) is 6.50. The molecule has 4 aromatic rings. The molecule has 0 bridgehead atoms. The maximum atomic E-state index is 2.25. The van der Waals surface area contributed by atoms with Crippen molar-refractivity contribution in [2.24, 2.45) is 0 Å². The third-order valence-electron chi connectivity index (χ3n) is 3.73. The Hall–Kier alpha value is -0.293. The summed E-state index contributed by atoms with van der Waals surface area (Å²) in [4.78, 5) is 0. The van der Waals surface area contributed by atoms with Gasteiger partial charge in [0.05, 0.1) is 0 Å². The van der Waals surface area contributed by atoms with E-state index in [1.165, 1.54) is 61.7 Å². The van der Waals surface area contributed by atoms with Gasteiger partial charge < -0.3 is 34.0 Å². The minimum Gasteiger partial charge on any atom is -1.00 e. The average Bonchev–Trinajstić information content (AvgIpc) is 3.15. The molecule has 0 heterocycles. The number of fused-ring (bicyclic) bond motifs is 2. The summed E-state index contributed by atoms with van der Waals surface area (Å²) in [6, 6.07) is 27.1. The summed E-state index contributed by atoms with van der Waals surface area (Å²) >= 11 is 1.47. The zero-order chi connectivity index (χ0) is 17.4. The van der Waals surface area contributed by atoms with Gasteiger partial charge in [0.15, 0.2) is 0 Å². The van der Waals surface area contributed by atoms with Crippen molar-refractivity contribution in [3.63, 3.8) is 0 Å². The average molecular weight is 655 g/mol. The fraction of sp³-hybridized carbons (Fsp3) is 0.182. The Morgan fingerprint density at radius 3 is 1.42 bits per heavy atom. The van der Waals surface area contributed by atoms with Crippen molar-refractivity contribution in [3.05, 3.63) is 83.9 Å². The molecule has 136 valence electrons. The Morgan fingerprint density at radius 1 is 0.769 bits per heavy atom. The molecule has 0 aromatic heterocycles. The molecule has 0 aliphatic heterocycles. The number of hydrogen-bond acceptors (Lipinski definition) is 0. The molecule has 0 aliphatic rings. The van der Waals surface area contributed by atoms with Crippen LogP contribution < -0.4 is 34.0 Å². The molecule has 0 N–H and O–H groups in total. The van der Waals surface area contributed by atoms with Gasteiger partial charge in [-0.25, -0.2) is 0 Å². The molecule has 0 nitrogen and oxygen atoms in total. The summed E-state index contributed by atoms with van der Waals surface area (Å²) in [6.07, 6.45) is 0.921. The molecule has 0 atom stereocenters. The third kappa shape index (κ3) is 8.16. The molecule has 0 spiro atoms. The maximum absolute atomic E-state index is 2.25. The van der Waals surface area contributed by atoms with E-state index >= 15 is 0 Å². The summed E-state index contributed by atoms with van der Waals surface area (Å²) < 4.78 is 0. The van der Waals surface area contributed by atoms with E-state index < -0.39 is 0 Å². The first-order valence-electron chi connectivity index (χ1n) is 8.37. The van der Waals surface area contributed by atoms with Crippen LogP contribution in [0.1, 0.15) is 18.1 Å². The SMILES string of the molecule is CC[SiH]=[Hf+2].Cc1cc2ccccc2[cH-]1.Cc1cc2ccccc2[cH-]1.[Br-].[Br-]. The predicted octanol–water partition coefficient (Wildman–Crippen LogP) is 0.0651. The van der Waals surface area contributed by atoms with Gasteiger partial charge in [-0.05, 0) is 0 Å². The van der Waals surface area contributed by atoms with Crippen LogP contribution in [-0.4, -0.2) is 6.22 Å². The van der Waals surface area contributed by atoms with Crippen molar-refractivity contribution in [1.82, 2.24) is 0 Å². The van der Waals surface area contributed by atoms with Gasteiger partial charge in [-0.2, -0.15) is 12.1 Å². The fourth-order valence-corrected chi connectivity index (χ4v) is 2.61. The molecule has 4 heteroatoms. The summed E-state index contributed by atoms with van der Waals surface area (Å²) in [5, 5.41) is 5.39. The molecular formula is C22H24Br2HfSi-2. The summed E-state index contributed by atoms with van der Waals surface area (Å²) in [7, 11) is 0. The van der Waals surface area contributed by atoms with Crippen LogP contribution in [0.15, 0.2) is 72.8 Å². The molecular weight excluding hydrogens is 631 g/mol. The molecule has 0 amide bonds. The van der Waals surface area contributed by atoms with Gasteiger partial charge in [0.2, 0.25) is 0 Å². The Balaban J connectivity index is 0.000000378. The van der Waals surface area contributed by atoms with Crippen LogP contribution in [0.5, 0.6) is 0 Å². The largest absolute Gasteiger partial charge is 1.00 e. The van der Waals surface area contributed by atoms with E-state index in [0.29, 0.717) is 0 Å². The minimum atomic E-state index is 0. The Morgan fingerprint density at radius 2 is 1.12 bits per heavy atom. The van der Waals surface area contributed by atoms with Crippen LogP contribution >= 0.6 is 0 Å². The van der Waals surface area contributed by atoms with E-state index in [9.17, 15) is 0 Å². The van der Waals surface area contributed by atoms with Crippen molar-refractivity contribution in [2.45, 2.75) is 26.8 Å². The van der Waals surface area contributed by atoms with E-state index in [-0.39, 0.29) is 34.0 Å². The summed E-state index contributed by atoms with van der Waals surface area (Å²) in [5.41, 5.74) is 2.70. The van der Waals surface area contributed by atoms with Crippen molar-refractivity contribution >= 4 is 27.8 Å². The normalized spacial score (nSPS) is 9.12. The first-order valence-corrected chi connectivity index (χ1v) is 16.0. The van der Waals surface area contributed by atoms with Crippen LogP contribution in [0.2, 0.25) is 6.04 Å². The fourth-order valence-electron chi connectivity index (χ4n) is 2.61. The van der Waals surface area contributed by atoms with E-state index in [1.807, 2.05) is 0 Å². The van der Waals surface area contributed by atoms with E-state index in [4.69, 9.17) is 0 Å². The second kappa shape index (κ2) is 13.8. The van der Waals surface area contributed by atoms with Crippen LogP contribution in [0.4, 0.5) is 0 Å². The van der Waals surface area contributed by atoms with Crippen LogP contribution in [0.3, 0.4) is 0 Å². The first-order chi connectivity index (χ1) is 11.6. The van der Waals surface area contributed by atoms with Gasteiger partial charge in [0.25, 0.3) is 0 Å². The number of rotatable bonds is 1. The second-order valence-corrected chi connectivity index (χ2v) is 11.6. The standard InChI is InChI=1S/2C10H9.C2H6Si.2BrH.Hf/c2*1-8-6-9-4-2-3-5-10(9)7-8;1-2-3;;;/h2*2-7H,1H3;3H,2H2,1H3;2*1H;/q2*-1;;;;+2/p-2. The Bertz CT molecular complexity index is 770. The van der Waals surface area contributed by atoms with Crippen molar-refractivity contribution in [2.75, 3.05) is 0 Å². The summed E-state index contributed by atoms with van der Waals surface area (Å²) in [5.74, 6) is 0.